The number of carbonyl (C=O) groups is 1. The molecule has 1 heterocycles. The van der Waals surface area contributed by atoms with Crippen molar-refractivity contribution in [2.75, 3.05) is 6.61 Å². The van der Waals surface area contributed by atoms with Gasteiger partial charge in [-0.2, -0.15) is 0 Å². The maximum absolute atomic E-state index is 12.1. The number of H-pyrrole nitrogens is 1. The van der Waals surface area contributed by atoms with Crippen LogP contribution in [0.2, 0.25) is 0 Å². The van der Waals surface area contributed by atoms with Crippen molar-refractivity contribution in [3.05, 3.63) is 53.1 Å². The first-order valence-corrected chi connectivity index (χ1v) is 8.85. The topological polar surface area (TPSA) is 87.0 Å². The number of rotatable bonds is 5. The average molecular weight is 365 g/mol. The zero-order chi connectivity index (χ0) is 19.6. The molecule has 3 rings (SSSR count). The third-order valence-electron chi connectivity index (χ3n) is 4.40. The van der Waals surface area contributed by atoms with Gasteiger partial charge in [-0.3, -0.25) is 4.79 Å². The van der Waals surface area contributed by atoms with Crippen LogP contribution >= 0.6 is 0 Å². The van der Waals surface area contributed by atoms with E-state index in [0.717, 1.165) is 22.2 Å². The van der Waals surface area contributed by atoms with E-state index in [9.17, 15) is 9.90 Å². The van der Waals surface area contributed by atoms with Gasteiger partial charge in [0.05, 0.1) is 5.52 Å². The summed E-state index contributed by atoms with van der Waals surface area (Å²) in [4.78, 5) is 15.0. The molecule has 0 aliphatic carbocycles. The highest BCUT2D eigenvalue weighted by Crippen LogP contribution is 2.36. The molecule has 0 unspecified atom stereocenters. The first-order valence-electron chi connectivity index (χ1n) is 8.85. The molecule has 0 aliphatic rings. The number of aromatic amines is 1. The predicted molar refractivity (Wildman–Crippen MR) is 105 cm³/mol. The van der Waals surface area contributed by atoms with E-state index < -0.39 is 5.91 Å². The number of hydrogen-bond acceptors (Lipinski definition) is 4. The van der Waals surface area contributed by atoms with Crippen LogP contribution in [0.3, 0.4) is 0 Å². The van der Waals surface area contributed by atoms with Crippen LogP contribution in [0.15, 0.2) is 46.6 Å². The molecule has 0 saturated carbocycles. The Labute approximate surface area is 157 Å². The van der Waals surface area contributed by atoms with E-state index in [2.05, 4.69) is 29.1 Å². The number of aromatic hydroxyl groups is 1. The van der Waals surface area contributed by atoms with Gasteiger partial charge in [0.1, 0.15) is 5.75 Å². The van der Waals surface area contributed by atoms with E-state index in [-0.39, 0.29) is 24.1 Å². The van der Waals surface area contributed by atoms with Gasteiger partial charge < -0.3 is 14.8 Å². The van der Waals surface area contributed by atoms with E-state index in [4.69, 9.17) is 4.74 Å². The Hall–Kier alpha value is -3.15. The minimum Gasteiger partial charge on any atom is -0.493 e. The SMILES string of the molecule is Cc1ccc(C(C)C)c(OCC(=O)N=Nc2c(O)[nH]c3c(C)cccc23)c1. The van der Waals surface area contributed by atoms with Gasteiger partial charge in [-0.05, 0) is 42.5 Å². The van der Waals surface area contributed by atoms with Crippen LogP contribution in [0.25, 0.3) is 10.9 Å². The van der Waals surface area contributed by atoms with Gasteiger partial charge in [0, 0.05) is 5.39 Å². The first-order chi connectivity index (χ1) is 12.9. The normalized spacial score (nSPS) is 11.6. The van der Waals surface area contributed by atoms with Crippen molar-refractivity contribution in [1.82, 2.24) is 4.98 Å². The number of fused-ring (bicyclic) bond motifs is 1. The lowest BCUT2D eigenvalue weighted by Gasteiger charge is -2.13. The molecular formula is C21H23N3O3. The largest absolute Gasteiger partial charge is 0.493 e. The second-order valence-electron chi connectivity index (χ2n) is 6.90. The molecule has 0 radical (unpaired) electrons. The van der Waals surface area contributed by atoms with Crippen LogP contribution in [0, 0.1) is 13.8 Å². The van der Waals surface area contributed by atoms with Gasteiger partial charge in [0.15, 0.2) is 12.3 Å². The fourth-order valence-electron chi connectivity index (χ4n) is 2.96. The second kappa shape index (κ2) is 7.61. The Morgan fingerprint density at radius 1 is 1.22 bits per heavy atom. The molecule has 2 N–H and O–H groups in total. The quantitative estimate of drug-likeness (QED) is 0.601. The number of azo groups is 1. The molecule has 0 bridgehead atoms. The summed E-state index contributed by atoms with van der Waals surface area (Å²) < 4.78 is 5.67. The number of carbonyl (C=O) groups excluding carboxylic acids is 1. The Kier molecular flexibility index (Phi) is 5.26. The number of para-hydroxylation sites is 1. The monoisotopic (exact) mass is 365 g/mol. The Balaban J connectivity index is 1.75. The van der Waals surface area contributed by atoms with Crippen molar-refractivity contribution in [2.24, 2.45) is 10.2 Å². The van der Waals surface area contributed by atoms with Crippen LogP contribution in [-0.4, -0.2) is 22.6 Å². The second-order valence-corrected chi connectivity index (χ2v) is 6.90. The molecule has 0 spiro atoms. The van der Waals surface area contributed by atoms with Gasteiger partial charge in [-0.15, -0.1) is 10.2 Å². The number of amides is 1. The van der Waals surface area contributed by atoms with Crippen LogP contribution in [0.5, 0.6) is 11.6 Å². The van der Waals surface area contributed by atoms with E-state index >= 15 is 0 Å². The van der Waals surface area contributed by atoms with Crippen LogP contribution in [0.1, 0.15) is 36.5 Å². The maximum atomic E-state index is 12.1. The number of nitrogens with one attached hydrogen (secondary N) is 1. The van der Waals surface area contributed by atoms with Gasteiger partial charge in [-0.25, -0.2) is 0 Å². The number of ether oxygens (including phenoxy) is 1. The summed E-state index contributed by atoms with van der Waals surface area (Å²) >= 11 is 0. The van der Waals surface area contributed by atoms with Crippen molar-refractivity contribution in [3.63, 3.8) is 0 Å². The zero-order valence-corrected chi connectivity index (χ0v) is 15.9. The average Bonchev–Trinajstić information content (AvgIpc) is 2.95. The van der Waals surface area contributed by atoms with Crippen molar-refractivity contribution in [3.8, 4) is 11.6 Å². The molecular weight excluding hydrogens is 342 g/mol. The van der Waals surface area contributed by atoms with Gasteiger partial charge in [-0.1, -0.05) is 44.2 Å². The molecule has 0 aliphatic heterocycles. The van der Waals surface area contributed by atoms with Crippen LogP contribution in [-0.2, 0) is 4.79 Å². The Morgan fingerprint density at radius 2 is 2.00 bits per heavy atom. The number of aryl methyl sites for hydroxylation is 2. The lowest BCUT2D eigenvalue weighted by atomic mass is 10.0. The molecule has 0 saturated heterocycles. The minimum absolute atomic E-state index is 0.113. The fourth-order valence-corrected chi connectivity index (χ4v) is 2.96. The summed E-state index contributed by atoms with van der Waals surface area (Å²) in [7, 11) is 0. The standard InChI is InChI=1S/C21H23N3O3/c1-12(2)15-9-8-13(3)10-17(15)27-11-18(25)23-24-20-16-7-5-6-14(4)19(16)22-21(20)26/h5-10,12,22,26H,11H2,1-4H3. The molecule has 27 heavy (non-hydrogen) atoms. The van der Waals surface area contributed by atoms with Crippen molar-refractivity contribution >= 4 is 22.5 Å². The van der Waals surface area contributed by atoms with E-state index in [1.807, 2.05) is 50.2 Å². The third-order valence-corrected chi connectivity index (χ3v) is 4.40. The molecule has 6 heteroatoms. The van der Waals surface area contributed by atoms with Crippen LogP contribution < -0.4 is 4.74 Å². The summed E-state index contributed by atoms with van der Waals surface area (Å²) in [5, 5.41) is 18.4. The summed E-state index contributed by atoms with van der Waals surface area (Å²) in [6.45, 7) is 7.82. The van der Waals surface area contributed by atoms with Crippen molar-refractivity contribution in [2.45, 2.75) is 33.6 Å². The smallest absolute Gasteiger partial charge is 0.302 e. The minimum atomic E-state index is -0.521. The summed E-state index contributed by atoms with van der Waals surface area (Å²) in [6.07, 6.45) is 0. The van der Waals surface area contributed by atoms with E-state index in [1.165, 1.54) is 0 Å². The molecule has 0 atom stereocenters. The summed E-state index contributed by atoms with van der Waals surface area (Å²) in [6, 6.07) is 11.5. The van der Waals surface area contributed by atoms with Crippen LogP contribution in [0.4, 0.5) is 5.69 Å². The Morgan fingerprint density at radius 3 is 2.74 bits per heavy atom. The maximum Gasteiger partial charge on any atom is 0.302 e. The summed E-state index contributed by atoms with van der Waals surface area (Å²) in [5.41, 5.74) is 4.09. The highest BCUT2D eigenvalue weighted by Gasteiger charge is 2.13. The molecule has 0 fully saturated rings. The van der Waals surface area contributed by atoms with E-state index in [0.29, 0.717) is 11.1 Å². The number of nitrogens with zero attached hydrogens (tertiary/aromatic N) is 2. The number of aromatic nitrogens is 1. The molecule has 2 aromatic carbocycles. The zero-order valence-electron chi connectivity index (χ0n) is 15.9. The lowest BCUT2D eigenvalue weighted by Crippen LogP contribution is -2.09. The molecule has 1 amide bonds. The fraction of sp³-hybridized carbons (Fsp3) is 0.286. The molecule has 1 aromatic heterocycles. The highest BCUT2D eigenvalue weighted by atomic mass is 16.5. The predicted octanol–water partition coefficient (Wildman–Crippen LogP) is 5.30. The van der Waals surface area contributed by atoms with Crippen molar-refractivity contribution < 1.29 is 14.6 Å². The third kappa shape index (κ3) is 4.00. The first kappa shape index (κ1) is 18.6. The van der Waals surface area contributed by atoms with Gasteiger partial charge in [0.25, 0.3) is 0 Å². The Bertz CT molecular complexity index is 1020. The molecule has 3 aromatic rings. The van der Waals surface area contributed by atoms with Crippen molar-refractivity contribution in [1.29, 1.82) is 0 Å². The number of benzene rings is 2. The van der Waals surface area contributed by atoms with Gasteiger partial charge in [0.2, 0.25) is 5.88 Å². The molecule has 6 nitrogen and oxygen atoms in total. The van der Waals surface area contributed by atoms with E-state index in [1.54, 1.807) is 0 Å². The summed E-state index contributed by atoms with van der Waals surface area (Å²) in [5.74, 6) is 0.327. The van der Waals surface area contributed by atoms with Gasteiger partial charge >= 0.3 is 5.91 Å². The highest BCUT2D eigenvalue weighted by molar-refractivity contribution is 5.96. The lowest BCUT2D eigenvalue weighted by molar-refractivity contribution is -0.120. The molecule has 140 valence electrons. The number of hydrogen-bond donors (Lipinski definition) is 2.